The first kappa shape index (κ1) is 12.5. The lowest BCUT2D eigenvalue weighted by molar-refractivity contribution is -0.142. The Morgan fingerprint density at radius 1 is 1.40 bits per heavy atom. The molecule has 1 fully saturated rings. The Hall–Kier alpha value is -0.570. The molecule has 3 heteroatoms. The Morgan fingerprint density at radius 2 is 1.87 bits per heavy atom. The van der Waals surface area contributed by atoms with E-state index in [4.69, 9.17) is 5.73 Å². The molecule has 1 saturated heterocycles. The Labute approximate surface area is 93.0 Å². The number of rotatable bonds is 2. The van der Waals surface area contributed by atoms with Gasteiger partial charge in [0.25, 0.3) is 0 Å². The molecule has 0 spiro atoms. The second kappa shape index (κ2) is 3.78. The molecule has 1 heterocycles. The van der Waals surface area contributed by atoms with Gasteiger partial charge in [0.2, 0.25) is 5.91 Å². The van der Waals surface area contributed by atoms with Crippen LogP contribution in [-0.2, 0) is 4.79 Å². The molecule has 0 bridgehead atoms. The zero-order valence-electron chi connectivity index (χ0n) is 10.6. The summed E-state index contributed by atoms with van der Waals surface area (Å²) in [6.07, 6.45) is 0.612. The molecule has 0 atom stereocenters. The van der Waals surface area contributed by atoms with Crippen molar-refractivity contribution < 1.29 is 4.79 Å². The monoisotopic (exact) mass is 212 g/mol. The zero-order chi connectivity index (χ0) is 11.9. The van der Waals surface area contributed by atoms with Gasteiger partial charge in [0.1, 0.15) is 0 Å². The molecule has 1 rings (SSSR count). The molecule has 0 aromatic heterocycles. The Morgan fingerprint density at radius 3 is 2.20 bits per heavy atom. The largest absolute Gasteiger partial charge is 0.339 e. The van der Waals surface area contributed by atoms with Crippen molar-refractivity contribution in [1.29, 1.82) is 0 Å². The molecule has 0 aliphatic carbocycles. The molecule has 1 aliphatic heterocycles. The van der Waals surface area contributed by atoms with E-state index >= 15 is 0 Å². The van der Waals surface area contributed by atoms with Crippen molar-refractivity contribution in [2.75, 3.05) is 13.1 Å². The van der Waals surface area contributed by atoms with Crippen LogP contribution in [0.5, 0.6) is 0 Å². The maximum Gasteiger partial charge on any atom is 0.223 e. The van der Waals surface area contributed by atoms with Gasteiger partial charge in [-0.3, -0.25) is 4.79 Å². The van der Waals surface area contributed by atoms with Gasteiger partial charge in [0.15, 0.2) is 0 Å². The third kappa shape index (κ3) is 2.94. The van der Waals surface area contributed by atoms with Crippen LogP contribution in [0.15, 0.2) is 0 Å². The molecule has 1 aliphatic rings. The second-order valence-corrected chi connectivity index (χ2v) is 6.38. The number of hydrogen-bond acceptors (Lipinski definition) is 2. The van der Waals surface area contributed by atoms with E-state index in [9.17, 15) is 4.79 Å². The standard InChI is InChI=1S/C12H24N2O/c1-9(2)12(13)7-14(8-12)10(15)6-11(3,4)5/h9H,6-8,13H2,1-5H3. The summed E-state index contributed by atoms with van der Waals surface area (Å²) in [6, 6.07) is 0. The molecule has 3 nitrogen and oxygen atoms in total. The van der Waals surface area contributed by atoms with Crippen LogP contribution >= 0.6 is 0 Å². The Bertz CT molecular complexity index is 247. The van der Waals surface area contributed by atoms with Crippen molar-refractivity contribution in [3.8, 4) is 0 Å². The second-order valence-electron chi connectivity index (χ2n) is 6.38. The van der Waals surface area contributed by atoms with E-state index in [1.807, 2.05) is 4.90 Å². The van der Waals surface area contributed by atoms with Crippen LogP contribution in [0.1, 0.15) is 41.0 Å². The zero-order valence-corrected chi connectivity index (χ0v) is 10.6. The number of nitrogens with zero attached hydrogens (tertiary/aromatic N) is 1. The van der Waals surface area contributed by atoms with Gasteiger partial charge in [0, 0.05) is 19.5 Å². The molecule has 1 amide bonds. The normalized spacial score (nSPS) is 20.3. The third-order valence-corrected chi connectivity index (χ3v) is 3.15. The number of amides is 1. The van der Waals surface area contributed by atoms with Gasteiger partial charge in [-0.1, -0.05) is 34.6 Å². The minimum atomic E-state index is -0.145. The summed E-state index contributed by atoms with van der Waals surface area (Å²) >= 11 is 0. The van der Waals surface area contributed by atoms with Crippen molar-refractivity contribution in [3.63, 3.8) is 0 Å². The summed E-state index contributed by atoms with van der Waals surface area (Å²) in [5, 5.41) is 0. The summed E-state index contributed by atoms with van der Waals surface area (Å²) < 4.78 is 0. The van der Waals surface area contributed by atoms with Gasteiger partial charge in [-0.25, -0.2) is 0 Å². The molecule has 0 unspecified atom stereocenters. The van der Waals surface area contributed by atoms with Crippen molar-refractivity contribution in [2.45, 2.75) is 46.6 Å². The lowest BCUT2D eigenvalue weighted by atomic mass is 9.79. The maximum absolute atomic E-state index is 11.8. The first-order chi connectivity index (χ1) is 6.64. The molecular formula is C12H24N2O. The first-order valence-electron chi connectivity index (χ1n) is 5.71. The minimum absolute atomic E-state index is 0.0712. The number of likely N-dealkylation sites (tertiary alicyclic amines) is 1. The SMILES string of the molecule is CC(C)C1(N)CN(C(=O)CC(C)(C)C)C1. The number of carbonyl (C=O) groups excluding carboxylic acids is 1. The predicted molar refractivity (Wildman–Crippen MR) is 62.4 cm³/mol. The van der Waals surface area contributed by atoms with Crippen molar-refractivity contribution in [3.05, 3.63) is 0 Å². The van der Waals surface area contributed by atoms with Crippen LogP contribution in [0.3, 0.4) is 0 Å². The molecule has 2 N–H and O–H groups in total. The van der Waals surface area contributed by atoms with Gasteiger partial charge in [-0.2, -0.15) is 0 Å². The average molecular weight is 212 g/mol. The minimum Gasteiger partial charge on any atom is -0.339 e. The van der Waals surface area contributed by atoms with Crippen molar-refractivity contribution >= 4 is 5.91 Å². The van der Waals surface area contributed by atoms with Crippen molar-refractivity contribution in [2.24, 2.45) is 17.1 Å². The fourth-order valence-electron chi connectivity index (χ4n) is 1.77. The molecule has 0 radical (unpaired) electrons. The van der Waals surface area contributed by atoms with E-state index < -0.39 is 0 Å². The first-order valence-corrected chi connectivity index (χ1v) is 5.71. The van der Waals surface area contributed by atoms with E-state index in [1.54, 1.807) is 0 Å². The molecule has 15 heavy (non-hydrogen) atoms. The highest BCUT2D eigenvalue weighted by Crippen LogP contribution is 2.29. The quantitative estimate of drug-likeness (QED) is 0.756. The van der Waals surface area contributed by atoms with Crippen LogP contribution in [0, 0.1) is 11.3 Å². The Kier molecular flexibility index (Phi) is 3.15. The summed E-state index contributed by atoms with van der Waals surface area (Å²) in [5.74, 6) is 0.681. The van der Waals surface area contributed by atoms with Crippen LogP contribution in [-0.4, -0.2) is 29.4 Å². The van der Waals surface area contributed by atoms with Crippen LogP contribution in [0.4, 0.5) is 0 Å². The van der Waals surface area contributed by atoms with E-state index in [0.29, 0.717) is 12.3 Å². The fourth-order valence-corrected chi connectivity index (χ4v) is 1.77. The fraction of sp³-hybridized carbons (Fsp3) is 0.917. The summed E-state index contributed by atoms with van der Waals surface area (Å²) in [7, 11) is 0. The number of carbonyl (C=O) groups is 1. The van der Waals surface area contributed by atoms with E-state index in [0.717, 1.165) is 13.1 Å². The van der Waals surface area contributed by atoms with E-state index in [-0.39, 0.29) is 16.9 Å². The summed E-state index contributed by atoms with van der Waals surface area (Å²) in [4.78, 5) is 13.7. The Balaban J connectivity index is 2.42. The maximum atomic E-state index is 11.8. The third-order valence-electron chi connectivity index (χ3n) is 3.15. The predicted octanol–water partition coefficient (Wildman–Crippen LogP) is 1.62. The molecule has 0 saturated carbocycles. The topological polar surface area (TPSA) is 46.3 Å². The van der Waals surface area contributed by atoms with Gasteiger partial charge < -0.3 is 10.6 Å². The highest BCUT2D eigenvalue weighted by Gasteiger charge is 2.44. The van der Waals surface area contributed by atoms with E-state index in [1.165, 1.54) is 0 Å². The highest BCUT2D eigenvalue weighted by atomic mass is 16.2. The average Bonchev–Trinajstić information content (AvgIpc) is 1.94. The smallest absolute Gasteiger partial charge is 0.223 e. The molecule has 0 aromatic carbocycles. The van der Waals surface area contributed by atoms with Gasteiger partial charge >= 0.3 is 0 Å². The lowest BCUT2D eigenvalue weighted by Crippen LogP contribution is -2.71. The number of hydrogen-bond donors (Lipinski definition) is 1. The van der Waals surface area contributed by atoms with Gasteiger partial charge in [-0.15, -0.1) is 0 Å². The molecular weight excluding hydrogens is 188 g/mol. The van der Waals surface area contributed by atoms with Gasteiger partial charge in [0.05, 0.1) is 5.54 Å². The molecule has 0 aromatic rings. The van der Waals surface area contributed by atoms with Crippen LogP contribution < -0.4 is 5.73 Å². The van der Waals surface area contributed by atoms with Crippen molar-refractivity contribution in [1.82, 2.24) is 4.90 Å². The summed E-state index contributed by atoms with van der Waals surface area (Å²) in [5.41, 5.74) is 6.07. The number of nitrogens with two attached hydrogens (primary N) is 1. The molecule has 88 valence electrons. The van der Waals surface area contributed by atoms with Crippen LogP contribution in [0.2, 0.25) is 0 Å². The lowest BCUT2D eigenvalue weighted by Gasteiger charge is -2.50. The van der Waals surface area contributed by atoms with Crippen LogP contribution in [0.25, 0.3) is 0 Å². The van der Waals surface area contributed by atoms with E-state index in [2.05, 4.69) is 34.6 Å². The summed E-state index contributed by atoms with van der Waals surface area (Å²) in [6.45, 7) is 11.9. The highest BCUT2D eigenvalue weighted by molar-refractivity contribution is 5.78. The van der Waals surface area contributed by atoms with Gasteiger partial charge in [-0.05, 0) is 11.3 Å².